The molecule has 1 aliphatic heterocycles. The van der Waals surface area contributed by atoms with Crippen LogP contribution in [-0.4, -0.2) is 21.3 Å². The van der Waals surface area contributed by atoms with E-state index in [9.17, 15) is 0 Å². The summed E-state index contributed by atoms with van der Waals surface area (Å²) in [4.78, 5) is 0. The fraction of sp³-hybridized carbons (Fsp3) is 0.500. The summed E-state index contributed by atoms with van der Waals surface area (Å²) in [6.07, 6.45) is 3.22. The van der Waals surface area contributed by atoms with Gasteiger partial charge in [-0.15, -0.1) is 0 Å². The minimum atomic E-state index is 0.329. The van der Waals surface area contributed by atoms with Crippen molar-refractivity contribution in [1.29, 1.82) is 0 Å². The Labute approximate surface area is 86.1 Å². The molecule has 0 radical (unpaired) electrons. The van der Waals surface area contributed by atoms with Gasteiger partial charge in [-0.05, 0) is 25.5 Å². The molecule has 1 atom stereocenters. The van der Waals surface area contributed by atoms with Gasteiger partial charge in [-0.1, -0.05) is 17.7 Å². The number of nitrogens with zero attached hydrogens (tertiary/aromatic N) is 2. The molecule has 1 aromatic heterocycles. The fourth-order valence-electron chi connectivity index (χ4n) is 1.47. The highest BCUT2D eigenvalue weighted by atomic mass is 35.5. The molecule has 1 aromatic rings. The molecule has 1 aliphatic rings. The van der Waals surface area contributed by atoms with Gasteiger partial charge in [0.05, 0.1) is 11.7 Å². The van der Waals surface area contributed by atoms with Gasteiger partial charge in [0, 0.05) is 6.04 Å². The van der Waals surface area contributed by atoms with Gasteiger partial charge in [-0.2, -0.15) is 8.75 Å². The Bertz CT molecular complexity index is 334. The van der Waals surface area contributed by atoms with E-state index in [0.29, 0.717) is 11.2 Å². The maximum absolute atomic E-state index is 5.91. The third-order valence-corrected chi connectivity index (χ3v) is 3.04. The molecule has 13 heavy (non-hydrogen) atoms. The summed E-state index contributed by atoms with van der Waals surface area (Å²) in [5.74, 6) is 0. The topological polar surface area (TPSA) is 37.8 Å². The Kier molecular flexibility index (Phi) is 2.62. The second kappa shape index (κ2) is 3.74. The first kappa shape index (κ1) is 9.12. The van der Waals surface area contributed by atoms with E-state index in [0.717, 1.165) is 30.4 Å². The zero-order valence-electron chi connectivity index (χ0n) is 7.25. The van der Waals surface area contributed by atoms with Crippen LogP contribution in [0.15, 0.2) is 6.08 Å². The van der Waals surface area contributed by atoms with Crippen LogP contribution < -0.4 is 5.32 Å². The van der Waals surface area contributed by atoms with Crippen molar-refractivity contribution in [3.05, 3.63) is 16.9 Å². The molecule has 1 N–H and O–H groups in total. The van der Waals surface area contributed by atoms with Crippen molar-refractivity contribution in [2.75, 3.05) is 6.54 Å². The number of hydrogen-bond acceptors (Lipinski definition) is 4. The summed E-state index contributed by atoms with van der Waals surface area (Å²) in [6.45, 7) is 3.14. The summed E-state index contributed by atoms with van der Waals surface area (Å²) < 4.78 is 8.13. The minimum absolute atomic E-state index is 0.329. The van der Waals surface area contributed by atoms with E-state index >= 15 is 0 Å². The van der Waals surface area contributed by atoms with Crippen molar-refractivity contribution in [1.82, 2.24) is 14.1 Å². The van der Waals surface area contributed by atoms with E-state index in [4.69, 9.17) is 11.6 Å². The van der Waals surface area contributed by atoms with Gasteiger partial charge >= 0.3 is 0 Å². The van der Waals surface area contributed by atoms with Gasteiger partial charge in [0.1, 0.15) is 5.69 Å². The largest absolute Gasteiger partial charge is 0.310 e. The van der Waals surface area contributed by atoms with Crippen LogP contribution >= 0.6 is 23.3 Å². The van der Waals surface area contributed by atoms with Crippen molar-refractivity contribution in [2.45, 2.75) is 19.4 Å². The molecule has 2 rings (SSSR count). The van der Waals surface area contributed by atoms with Crippen LogP contribution in [0.3, 0.4) is 0 Å². The lowest BCUT2D eigenvalue weighted by Gasteiger charge is -2.20. The number of nitrogens with one attached hydrogen (secondary N) is 1. The van der Waals surface area contributed by atoms with Crippen LogP contribution in [0.25, 0.3) is 5.57 Å². The molecule has 0 saturated heterocycles. The molecular weight excluding hydrogens is 206 g/mol. The smallest absolute Gasteiger partial charge is 0.170 e. The normalized spacial score (nSPS) is 22.9. The van der Waals surface area contributed by atoms with Crippen LogP contribution in [0.1, 0.15) is 19.0 Å². The number of rotatable bonds is 1. The first-order chi connectivity index (χ1) is 6.29. The Balaban J connectivity index is 2.34. The van der Waals surface area contributed by atoms with Crippen LogP contribution in [0.5, 0.6) is 0 Å². The van der Waals surface area contributed by atoms with Gasteiger partial charge in [-0.3, -0.25) is 0 Å². The Morgan fingerprint density at radius 3 is 3.08 bits per heavy atom. The molecule has 0 bridgehead atoms. The van der Waals surface area contributed by atoms with Crippen LogP contribution in [-0.2, 0) is 0 Å². The first-order valence-corrected chi connectivity index (χ1v) is 5.31. The fourth-order valence-corrected chi connectivity index (χ4v) is 2.23. The van der Waals surface area contributed by atoms with E-state index in [2.05, 4.69) is 27.1 Å². The van der Waals surface area contributed by atoms with Gasteiger partial charge in [0.25, 0.3) is 0 Å². The molecule has 0 saturated carbocycles. The molecule has 1 unspecified atom stereocenters. The van der Waals surface area contributed by atoms with Crippen molar-refractivity contribution < 1.29 is 0 Å². The molecule has 0 aliphatic carbocycles. The van der Waals surface area contributed by atoms with Gasteiger partial charge in [-0.25, -0.2) is 0 Å². The zero-order chi connectivity index (χ0) is 9.26. The third kappa shape index (κ3) is 1.75. The summed E-state index contributed by atoms with van der Waals surface area (Å²) in [7, 11) is 0. The highest BCUT2D eigenvalue weighted by Crippen LogP contribution is 2.26. The summed E-state index contributed by atoms with van der Waals surface area (Å²) >= 11 is 7.07. The lowest BCUT2D eigenvalue weighted by atomic mass is 10.0. The van der Waals surface area contributed by atoms with Crippen molar-refractivity contribution in [3.8, 4) is 0 Å². The maximum Gasteiger partial charge on any atom is 0.170 e. The Morgan fingerprint density at radius 2 is 2.46 bits per heavy atom. The predicted octanol–water partition coefficient (Wildman–Crippen LogP) is 1.96. The van der Waals surface area contributed by atoms with Crippen molar-refractivity contribution >= 4 is 28.9 Å². The van der Waals surface area contributed by atoms with E-state index in [1.807, 2.05) is 0 Å². The van der Waals surface area contributed by atoms with E-state index in [1.165, 1.54) is 5.57 Å². The monoisotopic (exact) mass is 215 g/mol. The molecule has 3 nitrogen and oxygen atoms in total. The summed E-state index contributed by atoms with van der Waals surface area (Å²) in [6, 6.07) is 0.329. The molecular formula is C8H10ClN3S. The molecule has 2 heterocycles. The lowest BCUT2D eigenvalue weighted by Crippen LogP contribution is -2.31. The number of hydrogen-bond donors (Lipinski definition) is 1. The average Bonchev–Trinajstić information content (AvgIpc) is 2.52. The van der Waals surface area contributed by atoms with E-state index < -0.39 is 0 Å². The van der Waals surface area contributed by atoms with E-state index in [-0.39, 0.29) is 0 Å². The molecule has 0 aromatic carbocycles. The molecule has 5 heteroatoms. The molecule has 0 amide bonds. The standard InChI is InChI=1S/C8H10ClN3S/c1-5-6(3-2-4-10-5)7-8(9)12-13-11-7/h3,5,10H,2,4H2,1H3. The molecule has 0 spiro atoms. The van der Waals surface area contributed by atoms with Crippen LogP contribution in [0.4, 0.5) is 0 Å². The second-order valence-corrected chi connectivity index (χ2v) is 3.91. The third-order valence-electron chi connectivity index (χ3n) is 2.15. The highest BCUT2D eigenvalue weighted by Gasteiger charge is 2.18. The van der Waals surface area contributed by atoms with Gasteiger partial charge in [0.2, 0.25) is 0 Å². The van der Waals surface area contributed by atoms with Crippen molar-refractivity contribution in [3.63, 3.8) is 0 Å². The lowest BCUT2D eigenvalue weighted by molar-refractivity contribution is 0.626. The minimum Gasteiger partial charge on any atom is -0.310 e. The second-order valence-electron chi connectivity index (χ2n) is 3.03. The number of halogens is 1. The van der Waals surface area contributed by atoms with Crippen LogP contribution in [0, 0.1) is 0 Å². The van der Waals surface area contributed by atoms with Gasteiger partial charge < -0.3 is 5.32 Å². The maximum atomic E-state index is 5.91. The zero-order valence-corrected chi connectivity index (χ0v) is 8.82. The summed E-state index contributed by atoms with van der Waals surface area (Å²) in [5.41, 5.74) is 2.01. The van der Waals surface area contributed by atoms with Crippen LogP contribution in [0.2, 0.25) is 5.15 Å². The van der Waals surface area contributed by atoms with Crippen molar-refractivity contribution in [2.24, 2.45) is 0 Å². The highest BCUT2D eigenvalue weighted by molar-refractivity contribution is 6.99. The van der Waals surface area contributed by atoms with Gasteiger partial charge in [0.15, 0.2) is 5.15 Å². The predicted molar refractivity (Wildman–Crippen MR) is 55.0 cm³/mol. The summed E-state index contributed by atoms with van der Waals surface area (Å²) in [5, 5.41) is 3.88. The first-order valence-electron chi connectivity index (χ1n) is 4.21. The SMILES string of the molecule is CC1NCCC=C1c1nsnc1Cl. The van der Waals surface area contributed by atoms with E-state index in [1.54, 1.807) is 0 Å². The molecule has 70 valence electrons. The number of aromatic nitrogens is 2. The Hall–Kier alpha value is -0.450. The average molecular weight is 216 g/mol. The Morgan fingerprint density at radius 1 is 1.62 bits per heavy atom. The molecule has 0 fully saturated rings. The quantitative estimate of drug-likeness (QED) is 0.778.